The first-order chi connectivity index (χ1) is 26.0. The van der Waals surface area contributed by atoms with Crippen LogP contribution >= 0.6 is 0 Å². The van der Waals surface area contributed by atoms with Crippen LogP contribution in [0.1, 0.15) is 79.8 Å². The Morgan fingerprint density at radius 2 is 1.25 bits per heavy atom. The van der Waals surface area contributed by atoms with Crippen molar-refractivity contribution in [2.75, 3.05) is 20.3 Å². The molecule has 0 N–H and O–H groups in total. The van der Waals surface area contributed by atoms with Crippen LogP contribution in [-0.2, 0) is 17.4 Å². The molecule has 1 aliphatic heterocycles. The Hall–Kier alpha value is -5.48. The van der Waals surface area contributed by atoms with Crippen LogP contribution in [0.2, 0.25) is 0 Å². The second-order valence-corrected chi connectivity index (χ2v) is 14.6. The highest BCUT2D eigenvalue weighted by Crippen LogP contribution is 2.59. The zero-order chi connectivity index (χ0) is 36.4. The van der Waals surface area contributed by atoms with Gasteiger partial charge in [0.05, 0.1) is 20.3 Å². The molecule has 0 radical (unpaired) electrons. The summed E-state index contributed by atoms with van der Waals surface area (Å²) in [4.78, 5) is 0. The maximum Gasteiger partial charge on any atom is 0.178 e. The molecule has 2 aliphatic rings. The zero-order valence-corrected chi connectivity index (χ0v) is 31.3. The van der Waals surface area contributed by atoms with Crippen molar-refractivity contribution in [1.82, 2.24) is 0 Å². The number of unbranched alkanes of at least 4 members (excludes halogenated alkanes) is 2. The largest absolute Gasteiger partial charge is 0.497 e. The fourth-order valence-electron chi connectivity index (χ4n) is 8.35. The van der Waals surface area contributed by atoms with Crippen LogP contribution in [0.15, 0.2) is 127 Å². The van der Waals surface area contributed by atoms with Crippen LogP contribution in [0.3, 0.4) is 0 Å². The first-order valence-electron chi connectivity index (χ1n) is 19.2. The molecule has 6 aromatic carbocycles. The zero-order valence-electron chi connectivity index (χ0n) is 31.3. The fourth-order valence-corrected chi connectivity index (χ4v) is 8.35. The highest BCUT2D eigenvalue weighted by Gasteiger charge is 2.46. The maximum absolute atomic E-state index is 7.61. The van der Waals surface area contributed by atoms with E-state index in [1.807, 2.05) is 6.07 Å². The predicted molar refractivity (Wildman–Crippen MR) is 217 cm³/mol. The maximum atomic E-state index is 7.61. The van der Waals surface area contributed by atoms with Gasteiger partial charge in [-0.25, -0.2) is 0 Å². The Balaban J connectivity index is 1.34. The molecular formula is C49H48O4. The van der Waals surface area contributed by atoms with E-state index in [0.717, 1.165) is 82.6 Å². The lowest BCUT2D eigenvalue weighted by Crippen LogP contribution is -2.35. The monoisotopic (exact) mass is 700 g/mol. The van der Waals surface area contributed by atoms with Gasteiger partial charge in [-0.1, -0.05) is 119 Å². The van der Waals surface area contributed by atoms with Gasteiger partial charge in [0.1, 0.15) is 23.0 Å². The smallest absolute Gasteiger partial charge is 0.178 e. The highest BCUT2D eigenvalue weighted by atomic mass is 16.5. The first-order valence-corrected chi connectivity index (χ1v) is 19.2. The van der Waals surface area contributed by atoms with Crippen molar-refractivity contribution in [3.8, 4) is 34.1 Å². The Kier molecular flexibility index (Phi) is 9.47. The van der Waals surface area contributed by atoms with Gasteiger partial charge in [0.25, 0.3) is 0 Å². The summed E-state index contributed by atoms with van der Waals surface area (Å²) in [5, 5.41) is 2.19. The molecule has 4 nitrogen and oxygen atoms in total. The van der Waals surface area contributed by atoms with E-state index in [-0.39, 0.29) is 5.41 Å². The molecule has 1 aliphatic carbocycles. The lowest BCUT2D eigenvalue weighted by atomic mass is 9.72. The van der Waals surface area contributed by atoms with Gasteiger partial charge in [0, 0.05) is 27.5 Å². The molecular weight excluding hydrogens is 653 g/mol. The standard InChI is InChI=1S/C49H48O4/c1-5-7-30-51-37-22-18-35(19-23-37)49(36-20-24-38(25-21-36)52-31-8-6-2)29-28-42-46-45(43-32-39(50-4)26-27-40(43)47(42)53-49)41-16-12-13-17-44(41)48(46,3)33-34-14-10-9-11-15-34/h9-29,32H,5-8,30-31,33H2,1-4H3. The van der Waals surface area contributed by atoms with Gasteiger partial charge in [-0.05, 0) is 101 Å². The minimum Gasteiger partial charge on any atom is -0.497 e. The molecule has 268 valence electrons. The molecule has 6 aromatic rings. The third-order valence-corrected chi connectivity index (χ3v) is 11.1. The lowest BCUT2D eigenvalue weighted by Gasteiger charge is -2.39. The average Bonchev–Trinajstić information content (AvgIpc) is 3.46. The summed E-state index contributed by atoms with van der Waals surface area (Å²) < 4.78 is 25.7. The SMILES string of the molecule is CCCCOc1ccc(C2(c3ccc(OCCCC)cc3)C=Cc3c4c(c5cc(OC)ccc5c3O2)-c2ccccc2C4(C)Cc2ccccc2)cc1. The number of ether oxygens (including phenoxy) is 4. The van der Waals surface area contributed by atoms with Crippen LogP contribution in [0.25, 0.3) is 28.0 Å². The van der Waals surface area contributed by atoms with Crippen LogP contribution in [-0.4, -0.2) is 20.3 Å². The van der Waals surface area contributed by atoms with Crippen molar-refractivity contribution in [3.63, 3.8) is 0 Å². The second kappa shape index (κ2) is 14.5. The van der Waals surface area contributed by atoms with E-state index in [1.165, 1.54) is 27.8 Å². The molecule has 0 fully saturated rings. The normalized spacial score (nSPS) is 16.4. The van der Waals surface area contributed by atoms with Crippen molar-refractivity contribution in [3.05, 3.63) is 161 Å². The summed E-state index contributed by atoms with van der Waals surface area (Å²) in [5.41, 5.74) is 8.42. The Morgan fingerprint density at radius 1 is 0.642 bits per heavy atom. The molecule has 0 bridgehead atoms. The van der Waals surface area contributed by atoms with Crippen molar-refractivity contribution in [1.29, 1.82) is 0 Å². The molecule has 1 heterocycles. The molecule has 8 rings (SSSR count). The van der Waals surface area contributed by atoms with Crippen molar-refractivity contribution < 1.29 is 18.9 Å². The van der Waals surface area contributed by atoms with Gasteiger partial charge in [0.15, 0.2) is 5.60 Å². The van der Waals surface area contributed by atoms with E-state index in [0.29, 0.717) is 13.2 Å². The molecule has 0 saturated heterocycles. The van der Waals surface area contributed by atoms with Crippen molar-refractivity contribution in [2.45, 2.75) is 63.9 Å². The quantitative estimate of drug-likeness (QED) is 0.112. The number of fused-ring (bicyclic) bond motifs is 8. The van der Waals surface area contributed by atoms with E-state index in [9.17, 15) is 0 Å². The topological polar surface area (TPSA) is 36.9 Å². The van der Waals surface area contributed by atoms with Gasteiger partial charge < -0.3 is 18.9 Å². The van der Waals surface area contributed by atoms with Crippen LogP contribution < -0.4 is 18.9 Å². The number of benzene rings is 6. The number of hydrogen-bond donors (Lipinski definition) is 0. The van der Waals surface area contributed by atoms with E-state index in [4.69, 9.17) is 18.9 Å². The molecule has 0 saturated carbocycles. The molecule has 0 aromatic heterocycles. The fraction of sp³-hybridized carbons (Fsp3) is 0.265. The van der Waals surface area contributed by atoms with Crippen molar-refractivity contribution in [2.24, 2.45) is 0 Å². The van der Waals surface area contributed by atoms with Gasteiger partial charge in [-0.15, -0.1) is 0 Å². The summed E-state index contributed by atoms with van der Waals surface area (Å²) in [7, 11) is 1.74. The van der Waals surface area contributed by atoms with Crippen LogP contribution in [0.5, 0.6) is 23.0 Å². The van der Waals surface area contributed by atoms with Crippen molar-refractivity contribution >= 4 is 16.8 Å². The second-order valence-electron chi connectivity index (χ2n) is 14.6. The van der Waals surface area contributed by atoms with E-state index >= 15 is 0 Å². The van der Waals surface area contributed by atoms with Crippen LogP contribution in [0.4, 0.5) is 0 Å². The summed E-state index contributed by atoms with van der Waals surface area (Å²) in [5.74, 6) is 3.43. The summed E-state index contributed by atoms with van der Waals surface area (Å²) >= 11 is 0. The Labute approximate surface area is 314 Å². The molecule has 0 amide bonds. The minimum absolute atomic E-state index is 0.308. The summed E-state index contributed by atoms with van der Waals surface area (Å²) in [6, 6.07) is 43.0. The molecule has 4 heteroatoms. The molecule has 0 spiro atoms. The molecule has 53 heavy (non-hydrogen) atoms. The third kappa shape index (κ3) is 6.14. The first kappa shape index (κ1) is 34.6. The third-order valence-electron chi connectivity index (χ3n) is 11.1. The summed E-state index contributed by atoms with van der Waals surface area (Å²) in [6.07, 6.45) is 9.68. The van der Waals surface area contributed by atoms with Gasteiger partial charge in [-0.3, -0.25) is 0 Å². The average molecular weight is 701 g/mol. The van der Waals surface area contributed by atoms with Crippen LogP contribution in [0, 0.1) is 0 Å². The molecule has 1 unspecified atom stereocenters. The van der Waals surface area contributed by atoms with E-state index in [1.54, 1.807) is 7.11 Å². The van der Waals surface area contributed by atoms with E-state index in [2.05, 4.69) is 148 Å². The predicted octanol–water partition coefficient (Wildman–Crippen LogP) is 12.1. The lowest BCUT2D eigenvalue weighted by molar-refractivity contribution is 0.163. The number of rotatable bonds is 13. The molecule has 1 atom stereocenters. The minimum atomic E-state index is -0.903. The van der Waals surface area contributed by atoms with Gasteiger partial charge in [-0.2, -0.15) is 0 Å². The number of hydrogen-bond acceptors (Lipinski definition) is 4. The summed E-state index contributed by atoms with van der Waals surface area (Å²) in [6.45, 7) is 8.17. The van der Waals surface area contributed by atoms with Gasteiger partial charge in [0.2, 0.25) is 0 Å². The number of methoxy groups -OCH3 is 1. The highest BCUT2D eigenvalue weighted by molar-refractivity contribution is 6.09. The Morgan fingerprint density at radius 3 is 1.87 bits per heavy atom. The Bertz CT molecular complexity index is 2200. The van der Waals surface area contributed by atoms with E-state index < -0.39 is 5.60 Å². The van der Waals surface area contributed by atoms with Gasteiger partial charge >= 0.3 is 0 Å².